The predicted octanol–water partition coefficient (Wildman–Crippen LogP) is 7.78. The Kier molecular flexibility index (Phi) is 10.8. The molecule has 1 amide bonds. The first-order chi connectivity index (χ1) is 24.8. The molecule has 2 heterocycles. The number of hydrogen-bond acceptors (Lipinski definition) is 6. The average molecular weight is 683 g/mol. The molecule has 2 aliphatic heterocycles. The van der Waals surface area contributed by atoms with Crippen LogP contribution < -0.4 is 9.80 Å². The first kappa shape index (κ1) is 35.3. The summed E-state index contributed by atoms with van der Waals surface area (Å²) in [4.78, 5) is 39.3. The summed E-state index contributed by atoms with van der Waals surface area (Å²) in [5.74, 6) is -0.143. The van der Waals surface area contributed by atoms with E-state index in [2.05, 4.69) is 56.8 Å². The fraction of sp³-hybridized carbons (Fsp3) is 0.333. The number of piperidine rings is 1. The molecule has 1 spiro atoms. The van der Waals surface area contributed by atoms with Crippen LogP contribution in [-0.4, -0.2) is 73.0 Å². The van der Waals surface area contributed by atoms with Gasteiger partial charge in [0.25, 0.3) is 5.70 Å². The summed E-state index contributed by atoms with van der Waals surface area (Å²) in [6.45, 7) is 16.2. The summed E-state index contributed by atoms with van der Waals surface area (Å²) in [7, 11) is 0. The van der Waals surface area contributed by atoms with Crippen LogP contribution >= 0.6 is 0 Å². The van der Waals surface area contributed by atoms with Gasteiger partial charge in [0, 0.05) is 56.1 Å². The number of nitriles is 1. The standard InChI is InChI=1S/C42H43FN6O2/c1-4-47(38-19-16-34-27-33(12-13-35(34)28-38)31(2)39(29-44)45-3)25-26-48-30-49(37-9-6-5-7-10-37)42(41(48)51)20-23-46(24-21-42)22-8-11-40(50)32-14-17-36(43)18-15-32/h5-7,9-10,12-19,27-28H,4,8,11,20-26,30H2,1-2H3. The first-order valence-electron chi connectivity index (χ1n) is 17.7. The maximum Gasteiger partial charge on any atom is 0.265 e. The maximum atomic E-state index is 14.4. The van der Waals surface area contributed by atoms with Gasteiger partial charge in [-0.3, -0.25) is 9.59 Å². The van der Waals surface area contributed by atoms with Crippen molar-refractivity contribution in [1.29, 1.82) is 5.26 Å². The second-order valence-corrected chi connectivity index (χ2v) is 13.4. The monoisotopic (exact) mass is 682 g/mol. The lowest BCUT2D eigenvalue weighted by Crippen LogP contribution is -2.56. The number of amides is 1. The number of halogens is 1. The highest BCUT2D eigenvalue weighted by molar-refractivity contribution is 5.96. The van der Waals surface area contributed by atoms with Crippen molar-refractivity contribution < 1.29 is 14.0 Å². The number of rotatable bonds is 12. The zero-order valence-corrected chi connectivity index (χ0v) is 29.3. The Morgan fingerprint density at radius 1 is 0.961 bits per heavy atom. The summed E-state index contributed by atoms with van der Waals surface area (Å²) >= 11 is 0. The molecule has 0 aromatic heterocycles. The number of nitrogens with zero attached hydrogens (tertiary/aromatic N) is 6. The van der Waals surface area contributed by atoms with Crippen molar-refractivity contribution in [1.82, 2.24) is 9.80 Å². The summed E-state index contributed by atoms with van der Waals surface area (Å²) in [6, 6.07) is 30.3. The molecule has 51 heavy (non-hydrogen) atoms. The largest absolute Gasteiger partial charge is 0.370 e. The van der Waals surface area contributed by atoms with Gasteiger partial charge in [-0.15, -0.1) is 0 Å². The molecule has 6 rings (SSSR count). The predicted molar refractivity (Wildman–Crippen MR) is 201 cm³/mol. The lowest BCUT2D eigenvalue weighted by atomic mass is 9.85. The number of fused-ring (bicyclic) bond motifs is 1. The lowest BCUT2D eigenvalue weighted by molar-refractivity contribution is -0.133. The number of likely N-dealkylation sites (tertiary alicyclic amines) is 1. The van der Waals surface area contributed by atoms with Crippen LogP contribution in [0.25, 0.3) is 21.2 Å². The second-order valence-electron chi connectivity index (χ2n) is 13.4. The van der Waals surface area contributed by atoms with E-state index in [0.29, 0.717) is 50.2 Å². The van der Waals surface area contributed by atoms with Crippen molar-refractivity contribution in [2.75, 3.05) is 55.7 Å². The molecule has 0 radical (unpaired) electrons. The Balaban J connectivity index is 1.11. The molecule has 4 aromatic carbocycles. The highest BCUT2D eigenvalue weighted by Gasteiger charge is 2.53. The van der Waals surface area contributed by atoms with Gasteiger partial charge < -0.3 is 19.6 Å². The van der Waals surface area contributed by atoms with Gasteiger partial charge in [-0.1, -0.05) is 36.4 Å². The van der Waals surface area contributed by atoms with Gasteiger partial charge in [0.1, 0.15) is 11.4 Å². The van der Waals surface area contributed by atoms with Gasteiger partial charge in [-0.2, -0.15) is 0 Å². The van der Waals surface area contributed by atoms with Crippen LogP contribution in [0.2, 0.25) is 0 Å². The number of ketones is 1. The van der Waals surface area contributed by atoms with E-state index in [9.17, 15) is 19.2 Å². The molecule has 260 valence electrons. The summed E-state index contributed by atoms with van der Waals surface area (Å²) in [5.41, 5.74) is 3.70. The minimum Gasteiger partial charge on any atom is -0.370 e. The molecule has 4 aromatic rings. The number of allylic oxidation sites excluding steroid dienone is 2. The number of Topliss-reactive ketones (excluding diaryl/α,β-unsaturated/α-hetero) is 1. The van der Waals surface area contributed by atoms with Crippen molar-refractivity contribution >= 4 is 39.4 Å². The number of benzene rings is 4. The molecule has 0 N–H and O–H groups in total. The van der Waals surface area contributed by atoms with E-state index in [1.54, 1.807) is 19.1 Å². The van der Waals surface area contributed by atoms with Crippen LogP contribution in [0.15, 0.2) is 96.7 Å². The van der Waals surface area contributed by atoms with Gasteiger partial charge >= 0.3 is 0 Å². The number of para-hydroxylation sites is 1. The number of carbonyl (C=O) groups excluding carboxylic acids is 2. The van der Waals surface area contributed by atoms with Crippen molar-refractivity contribution in [3.05, 3.63) is 125 Å². The van der Waals surface area contributed by atoms with Crippen LogP contribution in [0.1, 0.15) is 55.5 Å². The van der Waals surface area contributed by atoms with E-state index in [0.717, 1.165) is 60.3 Å². The van der Waals surface area contributed by atoms with Crippen LogP contribution in [0.3, 0.4) is 0 Å². The normalized spacial score (nSPS) is 16.2. The van der Waals surface area contributed by atoms with Crippen molar-refractivity contribution in [2.45, 2.75) is 45.1 Å². The second kappa shape index (κ2) is 15.6. The van der Waals surface area contributed by atoms with Gasteiger partial charge in [-0.25, -0.2) is 14.5 Å². The summed E-state index contributed by atoms with van der Waals surface area (Å²) in [5, 5.41) is 11.4. The van der Waals surface area contributed by atoms with Gasteiger partial charge in [0.2, 0.25) is 5.91 Å². The minimum atomic E-state index is -0.606. The molecule has 0 atom stereocenters. The SMILES string of the molecule is [C-]#[N+]C(C#N)=C(C)c1ccc2cc(N(CC)CCN3CN(c4ccccc4)C4(CCN(CCCC(=O)c5ccc(F)cc5)CC4)C3=O)ccc2c1. The fourth-order valence-corrected chi connectivity index (χ4v) is 7.47. The number of hydrogen-bond donors (Lipinski definition) is 0. The first-order valence-corrected chi connectivity index (χ1v) is 17.7. The van der Waals surface area contributed by atoms with E-state index in [-0.39, 0.29) is 23.2 Å². The third-order valence-corrected chi connectivity index (χ3v) is 10.5. The summed E-state index contributed by atoms with van der Waals surface area (Å²) < 4.78 is 13.3. The number of anilines is 2. The van der Waals surface area contributed by atoms with E-state index >= 15 is 0 Å². The molecule has 0 bridgehead atoms. The summed E-state index contributed by atoms with van der Waals surface area (Å²) in [6.07, 6.45) is 2.56. The molecule has 0 saturated carbocycles. The van der Waals surface area contributed by atoms with Crippen LogP contribution in [0.5, 0.6) is 0 Å². The fourth-order valence-electron chi connectivity index (χ4n) is 7.47. The highest BCUT2D eigenvalue weighted by Crippen LogP contribution is 2.39. The quantitative estimate of drug-likeness (QED) is 0.0864. The van der Waals surface area contributed by atoms with E-state index in [1.165, 1.54) is 12.1 Å². The Labute approximate surface area is 299 Å². The van der Waals surface area contributed by atoms with Gasteiger partial charge in [0.05, 0.1) is 19.3 Å². The van der Waals surface area contributed by atoms with E-state index in [4.69, 9.17) is 6.57 Å². The zero-order valence-electron chi connectivity index (χ0n) is 29.3. The van der Waals surface area contributed by atoms with Gasteiger partial charge in [0.15, 0.2) is 5.78 Å². The zero-order chi connectivity index (χ0) is 36.0. The minimum absolute atomic E-state index is 0.0230. The molecule has 0 aliphatic carbocycles. The van der Waals surface area contributed by atoms with Gasteiger partial charge in [-0.05, 0) is 116 Å². The van der Waals surface area contributed by atoms with E-state index < -0.39 is 5.54 Å². The maximum absolute atomic E-state index is 14.4. The Morgan fingerprint density at radius 3 is 2.33 bits per heavy atom. The van der Waals surface area contributed by atoms with Crippen LogP contribution in [-0.2, 0) is 4.79 Å². The average Bonchev–Trinajstić information content (AvgIpc) is 3.43. The van der Waals surface area contributed by atoms with E-state index in [1.807, 2.05) is 47.4 Å². The third-order valence-electron chi connectivity index (χ3n) is 10.5. The molecule has 2 saturated heterocycles. The molecular weight excluding hydrogens is 640 g/mol. The van der Waals surface area contributed by atoms with Crippen molar-refractivity contribution in [3.63, 3.8) is 0 Å². The topological polar surface area (TPSA) is 75.2 Å². The molecule has 2 fully saturated rings. The molecule has 8 nitrogen and oxygen atoms in total. The van der Waals surface area contributed by atoms with Crippen molar-refractivity contribution in [2.24, 2.45) is 0 Å². The smallest absolute Gasteiger partial charge is 0.265 e. The van der Waals surface area contributed by atoms with Crippen molar-refractivity contribution in [3.8, 4) is 6.07 Å². The Hall–Kier alpha value is -5.51. The van der Waals surface area contributed by atoms with Crippen LogP contribution in [0.4, 0.5) is 15.8 Å². The highest BCUT2D eigenvalue weighted by atomic mass is 19.1. The molecular formula is C42H43FN6O2. The molecule has 2 aliphatic rings. The number of carbonyl (C=O) groups is 2. The Bertz CT molecular complexity index is 1990. The Morgan fingerprint density at radius 2 is 1.65 bits per heavy atom. The molecule has 0 unspecified atom stereocenters. The number of likely N-dealkylation sites (N-methyl/N-ethyl adjacent to an activating group) is 1. The molecule has 9 heteroatoms. The van der Waals surface area contributed by atoms with Crippen LogP contribution in [0, 0.1) is 23.7 Å². The third kappa shape index (κ3) is 7.50. The lowest BCUT2D eigenvalue weighted by Gasteiger charge is -2.43.